The van der Waals surface area contributed by atoms with E-state index in [1.807, 2.05) is 11.8 Å². The van der Waals surface area contributed by atoms with Gasteiger partial charge in [0.15, 0.2) is 0 Å². The fraction of sp³-hybridized carbons (Fsp3) is 0.889. The molecule has 0 saturated carbocycles. The van der Waals surface area contributed by atoms with Crippen molar-refractivity contribution in [1.82, 2.24) is 4.90 Å². The molecule has 0 amide bonds. The van der Waals surface area contributed by atoms with Crippen LogP contribution in [0.25, 0.3) is 0 Å². The first-order valence-corrected chi connectivity index (χ1v) is 9.73. The zero-order valence-electron chi connectivity index (χ0n) is 14.8. The van der Waals surface area contributed by atoms with Gasteiger partial charge in [0.2, 0.25) is 0 Å². The highest BCUT2D eigenvalue weighted by atomic mass is 32.2. The van der Waals surface area contributed by atoms with Crippen molar-refractivity contribution >= 4 is 11.8 Å². The summed E-state index contributed by atoms with van der Waals surface area (Å²) in [5, 5.41) is 0.624. The van der Waals surface area contributed by atoms with Crippen LogP contribution >= 0.6 is 11.8 Å². The normalized spacial score (nSPS) is 14.3. The lowest BCUT2D eigenvalue weighted by molar-refractivity contribution is 0.0787. The van der Waals surface area contributed by atoms with Crippen molar-refractivity contribution in [3.05, 3.63) is 12.7 Å². The second-order valence-electron chi connectivity index (χ2n) is 5.81. The van der Waals surface area contributed by atoms with Crippen molar-refractivity contribution in [1.29, 1.82) is 0 Å². The predicted molar refractivity (Wildman–Crippen MR) is 98.4 cm³/mol. The van der Waals surface area contributed by atoms with Gasteiger partial charge in [0.05, 0.1) is 6.61 Å². The number of hydrogen-bond donors (Lipinski definition) is 0. The number of likely N-dealkylation sites (N-methyl/N-ethyl adjacent to an activating group) is 1. The molecule has 0 aromatic heterocycles. The molecule has 0 bridgehead atoms. The number of nitrogens with zero attached hydrogens (tertiary/aromatic N) is 1. The van der Waals surface area contributed by atoms with E-state index in [0.717, 1.165) is 32.2 Å². The topological polar surface area (TPSA) is 12.5 Å². The summed E-state index contributed by atoms with van der Waals surface area (Å²) in [5.41, 5.74) is 0. The number of hydrogen-bond acceptors (Lipinski definition) is 3. The van der Waals surface area contributed by atoms with Crippen LogP contribution in [-0.2, 0) is 4.74 Å². The van der Waals surface area contributed by atoms with Crippen molar-refractivity contribution in [2.45, 2.75) is 58.1 Å². The maximum Gasteiger partial charge on any atom is 0.0593 e. The highest BCUT2D eigenvalue weighted by Gasteiger charge is 2.07. The molecular formula is C18H37NOS. The third-order valence-corrected chi connectivity index (χ3v) is 5.11. The van der Waals surface area contributed by atoms with E-state index in [1.165, 1.54) is 37.9 Å². The lowest BCUT2D eigenvalue weighted by Crippen LogP contribution is -2.25. The summed E-state index contributed by atoms with van der Waals surface area (Å²) in [7, 11) is 2.20. The highest BCUT2D eigenvalue weighted by molar-refractivity contribution is 8.00. The lowest BCUT2D eigenvalue weighted by Gasteiger charge is -2.19. The molecule has 0 aliphatic rings. The quantitative estimate of drug-likeness (QED) is 0.317. The zero-order valence-corrected chi connectivity index (χ0v) is 15.6. The average Bonchev–Trinajstić information content (AvgIpc) is 2.49. The molecule has 0 aliphatic carbocycles. The molecule has 0 rings (SSSR count). The van der Waals surface area contributed by atoms with Crippen molar-refractivity contribution < 1.29 is 4.74 Å². The summed E-state index contributed by atoms with van der Waals surface area (Å²) >= 11 is 2.00. The first-order chi connectivity index (χ1) is 10.2. The predicted octanol–water partition coefficient (Wildman–Crippen LogP) is 4.85. The van der Waals surface area contributed by atoms with E-state index in [2.05, 4.69) is 45.4 Å². The third kappa shape index (κ3) is 12.3. The minimum Gasteiger partial charge on any atom is -0.380 e. The van der Waals surface area contributed by atoms with Crippen LogP contribution in [0.15, 0.2) is 12.7 Å². The van der Waals surface area contributed by atoms with Gasteiger partial charge in [0.1, 0.15) is 0 Å². The molecule has 0 radical (unpaired) electrons. The van der Waals surface area contributed by atoms with Gasteiger partial charge in [0, 0.05) is 18.4 Å². The van der Waals surface area contributed by atoms with Gasteiger partial charge in [-0.15, -0.1) is 6.58 Å². The van der Waals surface area contributed by atoms with Gasteiger partial charge >= 0.3 is 0 Å². The highest BCUT2D eigenvalue weighted by Crippen LogP contribution is 2.17. The van der Waals surface area contributed by atoms with Gasteiger partial charge in [-0.05, 0) is 44.5 Å². The van der Waals surface area contributed by atoms with E-state index in [0.29, 0.717) is 5.25 Å². The molecule has 126 valence electrons. The van der Waals surface area contributed by atoms with Crippen molar-refractivity contribution in [3.63, 3.8) is 0 Å². The number of ether oxygens (including phenoxy) is 1. The van der Waals surface area contributed by atoms with Crippen LogP contribution in [0.5, 0.6) is 0 Å². The molecule has 0 N–H and O–H groups in total. The molecule has 0 heterocycles. The molecule has 2 atom stereocenters. The Hall–Kier alpha value is 0.0100. The minimum atomic E-state index is 0.624. The number of rotatable bonds is 15. The first-order valence-electron chi connectivity index (χ1n) is 8.68. The summed E-state index contributed by atoms with van der Waals surface area (Å²) < 4.78 is 5.84. The first kappa shape index (κ1) is 21.0. The molecule has 21 heavy (non-hydrogen) atoms. The van der Waals surface area contributed by atoms with Crippen molar-refractivity contribution in [2.24, 2.45) is 5.92 Å². The Kier molecular flexibility index (Phi) is 14.9. The van der Waals surface area contributed by atoms with Crippen LogP contribution in [0.1, 0.15) is 52.9 Å². The van der Waals surface area contributed by atoms with Gasteiger partial charge in [0.25, 0.3) is 0 Å². The maximum absolute atomic E-state index is 5.84. The maximum atomic E-state index is 5.84. The summed E-state index contributed by atoms with van der Waals surface area (Å²) in [5.74, 6) is 1.93. The molecule has 2 unspecified atom stereocenters. The van der Waals surface area contributed by atoms with Crippen molar-refractivity contribution in [2.75, 3.05) is 39.1 Å². The second-order valence-corrected chi connectivity index (χ2v) is 7.33. The Morgan fingerprint density at radius 2 is 1.95 bits per heavy atom. The summed E-state index contributed by atoms with van der Waals surface area (Å²) in [6, 6.07) is 0. The molecule has 0 saturated heterocycles. The van der Waals surface area contributed by atoms with Gasteiger partial charge in [-0.25, -0.2) is 0 Å². The van der Waals surface area contributed by atoms with E-state index in [9.17, 15) is 0 Å². The zero-order chi connectivity index (χ0) is 15.9. The Morgan fingerprint density at radius 3 is 2.52 bits per heavy atom. The molecular weight excluding hydrogens is 278 g/mol. The molecule has 0 aromatic rings. The molecule has 0 spiro atoms. The fourth-order valence-corrected chi connectivity index (χ4v) is 3.34. The van der Waals surface area contributed by atoms with Crippen LogP contribution < -0.4 is 0 Å². The van der Waals surface area contributed by atoms with Gasteiger partial charge < -0.3 is 9.64 Å². The van der Waals surface area contributed by atoms with Crippen LogP contribution in [0.2, 0.25) is 0 Å². The van der Waals surface area contributed by atoms with Gasteiger partial charge in [-0.2, -0.15) is 11.8 Å². The van der Waals surface area contributed by atoms with E-state index in [1.54, 1.807) is 0 Å². The Bertz CT molecular complexity index is 235. The molecule has 3 heteroatoms. The molecule has 0 aliphatic heterocycles. The monoisotopic (exact) mass is 315 g/mol. The lowest BCUT2D eigenvalue weighted by atomic mass is 10.0. The van der Waals surface area contributed by atoms with Gasteiger partial charge in [-0.1, -0.05) is 39.7 Å². The van der Waals surface area contributed by atoms with Crippen LogP contribution in [0, 0.1) is 5.92 Å². The summed E-state index contributed by atoms with van der Waals surface area (Å²) in [6.07, 6.45) is 8.37. The molecule has 0 fully saturated rings. The van der Waals surface area contributed by atoms with Crippen molar-refractivity contribution in [3.8, 4) is 0 Å². The van der Waals surface area contributed by atoms with Crippen LogP contribution in [0.3, 0.4) is 0 Å². The standard InChI is InChI=1S/C18H37NOS/c1-6-11-17(7-2)16-20-15-14-19(5)13-10-12-18(8-3)21-9-4/h8,17-18H,3,6-7,9-16H2,1-2,4-5H3. The fourth-order valence-electron chi connectivity index (χ4n) is 2.44. The Labute approximate surface area is 137 Å². The van der Waals surface area contributed by atoms with Crippen LogP contribution in [-0.4, -0.2) is 49.3 Å². The van der Waals surface area contributed by atoms with E-state index >= 15 is 0 Å². The second kappa shape index (κ2) is 14.9. The third-order valence-electron chi connectivity index (χ3n) is 3.92. The SMILES string of the molecule is C=CC(CCCN(C)CCOCC(CC)CCC)SCC. The van der Waals surface area contributed by atoms with E-state index < -0.39 is 0 Å². The van der Waals surface area contributed by atoms with E-state index in [-0.39, 0.29) is 0 Å². The largest absolute Gasteiger partial charge is 0.380 e. The summed E-state index contributed by atoms with van der Waals surface area (Å²) in [6.45, 7) is 14.7. The Morgan fingerprint density at radius 1 is 1.19 bits per heavy atom. The molecule has 2 nitrogen and oxygen atoms in total. The van der Waals surface area contributed by atoms with E-state index in [4.69, 9.17) is 4.74 Å². The van der Waals surface area contributed by atoms with Gasteiger partial charge in [-0.3, -0.25) is 0 Å². The summed E-state index contributed by atoms with van der Waals surface area (Å²) in [4.78, 5) is 2.39. The smallest absolute Gasteiger partial charge is 0.0593 e. The minimum absolute atomic E-state index is 0.624. The number of thioether (sulfide) groups is 1. The Balaban J connectivity index is 3.57. The average molecular weight is 316 g/mol. The van der Waals surface area contributed by atoms with Crippen LogP contribution in [0.4, 0.5) is 0 Å². The molecule has 0 aromatic carbocycles.